The molecule has 0 unspecified atom stereocenters. The van der Waals surface area contributed by atoms with Gasteiger partial charge in [0, 0.05) is 23.9 Å². The van der Waals surface area contributed by atoms with Crippen LogP contribution in [0.4, 0.5) is 20.3 Å². The van der Waals surface area contributed by atoms with E-state index >= 15 is 0 Å². The van der Waals surface area contributed by atoms with E-state index in [1.54, 1.807) is 6.92 Å². The molecule has 0 radical (unpaired) electrons. The third-order valence-corrected chi connectivity index (χ3v) is 2.76. The zero-order valence-electron chi connectivity index (χ0n) is 10.6. The number of hydrogen-bond acceptors (Lipinski definition) is 4. The summed E-state index contributed by atoms with van der Waals surface area (Å²) < 4.78 is 26.5. The lowest BCUT2D eigenvalue weighted by molar-refractivity contribution is -0.384. The summed E-state index contributed by atoms with van der Waals surface area (Å²) >= 11 is 0. The van der Waals surface area contributed by atoms with Crippen LogP contribution in [0.2, 0.25) is 0 Å². The van der Waals surface area contributed by atoms with Crippen molar-refractivity contribution in [2.75, 3.05) is 5.32 Å². The third kappa shape index (κ3) is 2.87. The van der Waals surface area contributed by atoms with E-state index in [2.05, 4.69) is 10.3 Å². The Hall–Kier alpha value is -2.57. The van der Waals surface area contributed by atoms with Gasteiger partial charge in [0.15, 0.2) is 0 Å². The van der Waals surface area contributed by atoms with Crippen molar-refractivity contribution in [3.63, 3.8) is 0 Å². The number of aryl methyl sites for hydroxylation is 1. The molecule has 7 heteroatoms. The van der Waals surface area contributed by atoms with Crippen molar-refractivity contribution in [2.24, 2.45) is 0 Å². The van der Waals surface area contributed by atoms with Crippen molar-refractivity contribution in [2.45, 2.75) is 13.5 Å². The molecule has 0 saturated carbocycles. The van der Waals surface area contributed by atoms with E-state index < -0.39 is 16.6 Å². The van der Waals surface area contributed by atoms with E-state index in [-0.39, 0.29) is 23.6 Å². The molecule has 0 bridgehead atoms. The third-order valence-electron chi connectivity index (χ3n) is 2.76. The van der Waals surface area contributed by atoms with Crippen molar-refractivity contribution in [1.82, 2.24) is 4.98 Å². The highest BCUT2D eigenvalue weighted by Crippen LogP contribution is 2.26. The Labute approximate surface area is 113 Å². The molecule has 2 aromatic rings. The van der Waals surface area contributed by atoms with Gasteiger partial charge < -0.3 is 5.32 Å². The molecule has 20 heavy (non-hydrogen) atoms. The second-order valence-corrected chi connectivity index (χ2v) is 4.17. The van der Waals surface area contributed by atoms with Crippen LogP contribution in [-0.2, 0) is 6.54 Å². The van der Waals surface area contributed by atoms with Gasteiger partial charge in [-0.3, -0.25) is 10.1 Å². The number of aromatic nitrogens is 1. The summed E-state index contributed by atoms with van der Waals surface area (Å²) in [5.74, 6) is -1.14. The molecule has 0 aliphatic heterocycles. The van der Waals surface area contributed by atoms with E-state index in [9.17, 15) is 18.9 Å². The van der Waals surface area contributed by atoms with Crippen molar-refractivity contribution >= 4 is 11.5 Å². The minimum absolute atomic E-state index is 0.0265. The summed E-state index contributed by atoms with van der Waals surface area (Å²) in [5, 5.41) is 13.6. The van der Waals surface area contributed by atoms with Crippen LogP contribution in [0, 0.1) is 28.7 Å². The lowest BCUT2D eigenvalue weighted by Gasteiger charge is -2.08. The summed E-state index contributed by atoms with van der Waals surface area (Å²) in [4.78, 5) is 14.3. The van der Waals surface area contributed by atoms with Gasteiger partial charge in [-0.15, -0.1) is 0 Å². The summed E-state index contributed by atoms with van der Waals surface area (Å²) in [5.41, 5.74) is 0.333. The molecule has 104 valence electrons. The topological polar surface area (TPSA) is 68.1 Å². The van der Waals surface area contributed by atoms with Crippen LogP contribution < -0.4 is 5.32 Å². The van der Waals surface area contributed by atoms with Gasteiger partial charge in [-0.1, -0.05) is 0 Å². The van der Waals surface area contributed by atoms with Gasteiger partial charge in [0.25, 0.3) is 0 Å². The fourth-order valence-electron chi connectivity index (χ4n) is 1.77. The Morgan fingerprint density at radius 2 is 2.10 bits per heavy atom. The zero-order valence-corrected chi connectivity index (χ0v) is 10.6. The van der Waals surface area contributed by atoms with Crippen LogP contribution in [0.3, 0.4) is 0 Å². The van der Waals surface area contributed by atoms with Gasteiger partial charge in [-0.05, 0) is 31.2 Å². The Bertz CT molecular complexity index is 662. The molecule has 0 fully saturated rings. The molecule has 0 spiro atoms. The number of nitrogens with zero attached hydrogens (tertiary/aromatic N) is 2. The van der Waals surface area contributed by atoms with Crippen molar-refractivity contribution < 1.29 is 13.7 Å². The highest BCUT2D eigenvalue weighted by Gasteiger charge is 2.18. The maximum Gasteiger partial charge on any atom is 0.314 e. The number of halogens is 2. The first-order valence-corrected chi connectivity index (χ1v) is 5.77. The Balaban J connectivity index is 2.25. The van der Waals surface area contributed by atoms with E-state index in [1.165, 1.54) is 12.3 Å². The Morgan fingerprint density at radius 1 is 1.35 bits per heavy atom. The first-order chi connectivity index (χ1) is 9.49. The first kappa shape index (κ1) is 13.9. The number of nitro groups is 1. The molecule has 2 rings (SSSR count). The van der Waals surface area contributed by atoms with Crippen molar-refractivity contribution in [1.29, 1.82) is 0 Å². The van der Waals surface area contributed by atoms with E-state index in [4.69, 9.17) is 0 Å². The second-order valence-electron chi connectivity index (χ2n) is 4.17. The van der Waals surface area contributed by atoms with Gasteiger partial charge in [0.05, 0.1) is 4.92 Å². The number of rotatable bonds is 4. The van der Waals surface area contributed by atoms with Crippen LogP contribution in [0.1, 0.15) is 11.1 Å². The maximum atomic E-state index is 13.4. The molecule has 1 N–H and O–H groups in total. The summed E-state index contributed by atoms with van der Waals surface area (Å²) in [6, 6.07) is 4.55. The molecule has 5 nitrogen and oxygen atoms in total. The fraction of sp³-hybridized carbons (Fsp3) is 0.154. The molecular weight excluding hydrogens is 268 g/mol. The second kappa shape index (κ2) is 5.60. The Morgan fingerprint density at radius 3 is 2.80 bits per heavy atom. The van der Waals surface area contributed by atoms with Gasteiger partial charge in [-0.25, -0.2) is 13.8 Å². The zero-order chi connectivity index (χ0) is 14.7. The number of hydrogen-bond donors (Lipinski definition) is 1. The average molecular weight is 279 g/mol. The molecular formula is C13H11F2N3O2. The SMILES string of the molecule is Cc1ccnc(NCc2cc(F)ccc2F)c1[N+](=O)[O-]. The number of pyridine rings is 1. The minimum atomic E-state index is -0.589. The van der Waals surface area contributed by atoms with Crippen molar-refractivity contribution in [3.8, 4) is 0 Å². The predicted molar refractivity (Wildman–Crippen MR) is 69.3 cm³/mol. The van der Waals surface area contributed by atoms with Crippen LogP contribution >= 0.6 is 0 Å². The minimum Gasteiger partial charge on any atom is -0.360 e. The number of benzene rings is 1. The molecule has 1 heterocycles. The van der Waals surface area contributed by atoms with Crippen LogP contribution in [-0.4, -0.2) is 9.91 Å². The lowest BCUT2D eigenvalue weighted by Crippen LogP contribution is -2.07. The maximum absolute atomic E-state index is 13.4. The van der Waals surface area contributed by atoms with E-state index in [0.717, 1.165) is 18.2 Å². The van der Waals surface area contributed by atoms with Crippen LogP contribution in [0.25, 0.3) is 0 Å². The van der Waals surface area contributed by atoms with E-state index in [1.807, 2.05) is 0 Å². The predicted octanol–water partition coefficient (Wildman–Crippen LogP) is 3.19. The number of anilines is 1. The monoisotopic (exact) mass is 279 g/mol. The summed E-state index contributed by atoms with van der Waals surface area (Å²) in [7, 11) is 0. The highest BCUT2D eigenvalue weighted by molar-refractivity contribution is 5.59. The summed E-state index contributed by atoms with van der Waals surface area (Å²) in [6.45, 7) is 1.48. The molecule has 0 aliphatic carbocycles. The largest absolute Gasteiger partial charge is 0.360 e. The molecule has 1 aromatic heterocycles. The molecule has 0 amide bonds. The standard InChI is InChI=1S/C13H11F2N3O2/c1-8-4-5-16-13(12(8)18(19)20)17-7-9-6-10(14)2-3-11(9)15/h2-6H,7H2,1H3,(H,16,17). The smallest absolute Gasteiger partial charge is 0.314 e. The molecule has 0 saturated heterocycles. The number of nitrogens with one attached hydrogen (secondary N) is 1. The van der Waals surface area contributed by atoms with Gasteiger partial charge in [-0.2, -0.15) is 0 Å². The quantitative estimate of drug-likeness (QED) is 0.689. The van der Waals surface area contributed by atoms with Crippen molar-refractivity contribution in [3.05, 3.63) is 63.3 Å². The van der Waals surface area contributed by atoms with Crippen LogP contribution in [0.15, 0.2) is 30.5 Å². The lowest BCUT2D eigenvalue weighted by atomic mass is 10.2. The van der Waals surface area contributed by atoms with Gasteiger partial charge in [0.1, 0.15) is 11.6 Å². The first-order valence-electron chi connectivity index (χ1n) is 5.77. The fourth-order valence-corrected chi connectivity index (χ4v) is 1.77. The Kier molecular flexibility index (Phi) is 3.88. The molecule has 0 aliphatic rings. The van der Waals surface area contributed by atoms with Gasteiger partial charge >= 0.3 is 5.69 Å². The van der Waals surface area contributed by atoms with Gasteiger partial charge in [0.2, 0.25) is 5.82 Å². The van der Waals surface area contributed by atoms with Crippen LogP contribution in [0.5, 0.6) is 0 Å². The normalized spacial score (nSPS) is 10.3. The molecule has 1 aromatic carbocycles. The van der Waals surface area contributed by atoms with E-state index in [0.29, 0.717) is 5.56 Å². The highest BCUT2D eigenvalue weighted by atomic mass is 19.1. The average Bonchev–Trinajstić information content (AvgIpc) is 2.39. The summed E-state index contributed by atoms with van der Waals surface area (Å²) in [6.07, 6.45) is 1.41. The molecule has 0 atom stereocenters.